The van der Waals surface area contributed by atoms with Crippen molar-refractivity contribution in [1.29, 1.82) is 0 Å². The van der Waals surface area contributed by atoms with Crippen LogP contribution in [0.25, 0.3) is 0 Å². The van der Waals surface area contributed by atoms with E-state index >= 15 is 0 Å². The number of anilines is 2. The maximum atomic E-state index is 12.0. The van der Waals surface area contributed by atoms with Crippen molar-refractivity contribution < 1.29 is 4.79 Å². The molecule has 3 rings (SSSR count). The van der Waals surface area contributed by atoms with Crippen molar-refractivity contribution >= 4 is 29.0 Å². The maximum Gasteiger partial charge on any atom is 0.246 e. The van der Waals surface area contributed by atoms with E-state index in [1.807, 2.05) is 18.7 Å². The van der Waals surface area contributed by atoms with Crippen LogP contribution in [0.5, 0.6) is 0 Å². The Hall–Kier alpha value is -1.20. The second-order valence-corrected chi connectivity index (χ2v) is 6.52. The lowest BCUT2D eigenvalue weighted by atomic mass is 10.1. The number of thioether (sulfide) groups is 1. The maximum absolute atomic E-state index is 12.0. The third kappa shape index (κ3) is 2.40. The van der Waals surface area contributed by atoms with Crippen LogP contribution in [0, 0.1) is 0 Å². The zero-order valence-corrected chi connectivity index (χ0v) is 12.8. The Bertz CT molecular complexity index is 520. The number of carbonyl (C=O) groups excluding carboxylic acids is 1. The summed E-state index contributed by atoms with van der Waals surface area (Å²) in [5.74, 6) is 2.40. The fourth-order valence-electron chi connectivity index (χ4n) is 2.95. The number of amides is 1. The molecule has 1 saturated heterocycles. The average Bonchev–Trinajstić information content (AvgIpc) is 2.75. The molecule has 1 amide bonds. The molecule has 2 aliphatic rings. The van der Waals surface area contributed by atoms with Crippen LogP contribution >= 0.6 is 11.8 Å². The molecule has 0 aromatic heterocycles. The van der Waals surface area contributed by atoms with E-state index in [9.17, 15) is 4.79 Å². The van der Waals surface area contributed by atoms with Gasteiger partial charge in [0.1, 0.15) is 6.04 Å². The molecular formula is C15H21N3OS. The Morgan fingerprint density at radius 2 is 2.35 bits per heavy atom. The van der Waals surface area contributed by atoms with Gasteiger partial charge in [0.25, 0.3) is 0 Å². The van der Waals surface area contributed by atoms with E-state index in [0.717, 1.165) is 24.3 Å². The number of carbonyl (C=O) groups is 1. The van der Waals surface area contributed by atoms with Gasteiger partial charge in [-0.25, -0.2) is 0 Å². The summed E-state index contributed by atoms with van der Waals surface area (Å²) in [5, 5.41) is 6.22. The Labute approximate surface area is 124 Å². The van der Waals surface area contributed by atoms with Crippen LogP contribution in [0.2, 0.25) is 0 Å². The van der Waals surface area contributed by atoms with Crippen molar-refractivity contribution in [3.63, 3.8) is 0 Å². The van der Waals surface area contributed by atoms with E-state index in [4.69, 9.17) is 0 Å². The van der Waals surface area contributed by atoms with Gasteiger partial charge in [-0.15, -0.1) is 0 Å². The summed E-state index contributed by atoms with van der Waals surface area (Å²) in [7, 11) is 0. The van der Waals surface area contributed by atoms with E-state index in [2.05, 4.69) is 40.7 Å². The molecule has 20 heavy (non-hydrogen) atoms. The largest absolute Gasteiger partial charge is 0.367 e. The predicted octanol–water partition coefficient (Wildman–Crippen LogP) is 2.23. The highest BCUT2D eigenvalue weighted by Gasteiger charge is 2.30. The summed E-state index contributed by atoms with van der Waals surface area (Å²) in [4.78, 5) is 14.4. The number of benzene rings is 1. The lowest BCUT2D eigenvalue weighted by Crippen LogP contribution is -2.40. The van der Waals surface area contributed by atoms with Gasteiger partial charge in [0.2, 0.25) is 5.91 Å². The fraction of sp³-hybridized carbons (Fsp3) is 0.533. The van der Waals surface area contributed by atoms with E-state index in [0.29, 0.717) is 6.04 Å². The Morgan fingerprint density at radius 3 is 3.10 bits per heavy atom. The van der Waals surface area contributed by atoms with Gasteiger partial charge in [0.05, 0.1) is 0 Å². The Kier molecular flexibility index (Phi) is 3.89. The van der Waals surface area contributed by atoms with Crippen LogP contribution in [0.15, 0.2) is 18.2 Å². The summed E-state index contributed by atoms with van der Waals surface area (Å²) < 4.78 is 0. The monoisotopic (exact) mass is 291 g/mol. The summed E-state index contributed by atoms with van der Waals surface area (Å²) in [5.41, 5.74) is 3.25. The summed E-state index contributed by atoms with van der Waals surface area (Å²) in [6.45, 7) is 6.15. The first kappa shape index (κ1) is 13.8. The molecule has 1 aromatic carbocycles. The van der Waals surface area contributed by atoms with Crippen molar-refractivity contribution in [1.82, 2.24) is 5.32 Å². The topological polar surface area (TPSA) is 44.4 Å². The van der Waals surface area contributed by atoms with Crippen LogP contribution in [0.4, 0.5) is 11.4 Å². The zero-order chi connectivity index (χ0) is 14.1. The van der Waals surface area contributed by atoms with Gasteiger partial charge in [-0.3, -0.25) is 4.79 Å². The number of rotatable bonds is 3. The summed E-state index contributed by atoms with van der Waals surface area (Å²) in [6, 6.07) is 6.71. The highest BCUT2D eigenvalue weighted by molar-refractivity contribution is 7.99. The first-order valence-corrected chi connectivity index (χ1v) is 8.38. The Balaban J connectivity index is 1.87. The standard InChI is InChI=1S/C15H21N3OS/c1-3-16-14-12-5-4-11(8-13(12)17-15(14)19)18-6-7-20-9-10(18)2/h4-5,8,10,14,16H,3,6-7,9H2,1-2H3,(H,17,19). The molecule has 4 nitrogen and oxygen atoms in total. The van der Waals surface area contributed by atoms with E-state index < -0.39 is 0 Å². The molecule has 0 aliphatic carbocycles. The molecule has 0 saturated carbocycles. The minimum Gasteiger partial charge on any atom is -0.367 e. The minimum atomic E-state index is -0.196. The number of fused-ring (bicyclic) bond motifs is 1. The summed E-state index contributed by atoms with van der Waals surface area (Å²) in [6.07, 6.45) is 0. The van der Waals surface area contributed by atoms with Gasteiger partial charge < -0.3 is 15.5 Å². The smallest absolute Gasteiger partial charge is 0.246 e. The van der Waals surface area contributed by atoms with Crippen molar-refractivity contribution in [2.45, 2.75) is 25.9 Å². The molecular weight excluding hydrogens is 270 g/mol. The normalized spacial score (nSPS) is 25.5. The van der Waals surface area contributed by atoms with Crippen LogP contribution in [-0.4, -0.2) is 36.5 Å². The molecule has 2 atom stereocenters. The van der Waals surface area contributed by atoms with Crippen LogP contribution in [0.1, 0.15) is 25.5 Å². The van der Waals surface area contributed by atoms with Gasteiger partial charge in [0.15, 0.2) is 0 Å². The first-order valence-electron chi connectivity index (χ1n) is 7.23. The number of nitrogens with zero attached hydrogens (tertiary/aromatic N) is 1. The number of likely N-dealkylation sites (N-methyl/N-ethyl adjacent to an activating group) is 1. The first-order chi connectivity index (χ1) is 9.70. The Morgan fingerprint density at radius 1 is 1.50 bits per heavy atom. The van der Waals surface area contributed by atoms with Gasteiger partial charge in [-0.05, 0) is 25.6 Å². The fourth-order valence-corrected chi connectivity index (χ4v) is 3.96. The molecule has 5 heteroatoms. The molecule has 0 spiro atoms. The van der Waals surface area contributed by atoms with Gasteiger partial charge >= 0.3 is 0 Å². The second kappa shape index (κ2) is 5.66. The van der Waals surface area contributed by atoms with Gasteiger partial charge in [0, 0.05) is 41.0 Å². The summed E-state index contributed by atoms with van der Waals surface area (Å²) >= 11 is 2.01. The lowest BCUT2D eigenvalue weighted by molar-refractivity contribution is -0.117. The number of hydrogen-bond donors (Lipinski definition) is 2. The van der Waals surface area contributed by atoms with E-state index in [-0.39, 0.29) is 11.9 Å². The third-order valence-corrected chi connectivity index (χ3v) is 5.16. The van der Waals surface area contributed by atoms with Crippen molar-refractivity contribution in [2.24, 2.45) is 0 Å². The van der Waals surface area contributed by atoms with Crippen LogP contribution in [-0.2, 0) is 4.79 Å². The second-order valence-electron chi connectivity index (χ2n) is 5.37. The molecule has 1 fully saturated rings. The quantitative estimate of drug-likeness (QED) is 0.896. The SMILES string of the molecule is CCNC1C(=O)Nc2cc(N3CCSCC3C)ccc21. The molecule has 0 radical (unpaired) electrons. The molecule has 2 heterocycles. The van der Waals surface area contributed by atoms with Crippen LogP contribution < -0.4 is 15.5 Å². The van der Waals surface area contributed by atoms with Crippen molar-refractivity contribution in [2.75, 3.05) is 34.8 Å². The van der Waals surface area contributed by atoms with E-state index in [1.54, 1.807) is 0 Å². The number of hydrogen-bond acceptors (Lipinski definition) is 4. The van der Waals surface area contributed by atoms with Crippen LogP contribution in [0.3, 0.4) is 0 Å². The highest BCUT2D eigenvalue weighted by atomic mass is 32.2. The van der Waals surface area contributed by atoms with Gasteiger partial charge in [-0.2, -0.15) is 11.8 Å². The zero-order valence-electron chi connectivity index (χ0n) is 12.0. The molecule has 1 aromatic rings. The highest BCUT2D eigenvalue weighted by Crippen LogP contribution is 2.35. The molecule has 2 aliphatic heterocycles. The third-order valence-electron chi connectivity index (χ3n) is 3.98. The van der Waals surface area contributed by atoms with Crippen molar-refractivity contribution in [3.8, 4) is 0 Å². The molecule has 2 unspecified atom stereocenters. The minimum absolute atomic E-state index is 0.0567. The molecule has 108 valence electrons. The van der Waals surface area contributed by atoms with Gasteiger partial charge in [-0.1, -0.05) is 13.0 Å². The van der Waals surface area contributed by atoms with Crippen molar-refractivity contribution in [3.05, 3.63) is 23.8 Å². The molecule has 0 bridgehead atoms. The molecule has 2 N–H and O–H groups in total. The lowest BCUT2D eigenvalue weighted by Gasteiger charge is -2.35. The van der Waals surface area contributed by atoms with E-state index in [1.165, 1.54) is 17.2 Å². The predicted molar refractivity (Wildman–Crippen MR) is 85.6 cm³/mol. The number of nitrogens with one attached hydrogen (secondary N) is 2. The average molecular weight is 291 g/mol.